The maximum Gasteiger partial charge on any atom is 0.152 e. The van der Waals surface area contributed by atoms with Crippen LogP contribution in [-0.4, -0.2) is 6.54 Å². The van der Waals surface area contributed by atoms with Gasteiger partial charge in [-0.15, -0.1) is 0 Å². The van der Waals surface area contributed by atoms with E-state index in [0.29, 0.717) is 16.9 Å². The van der Waals surface area contributed by atoms with Crippen molar-refractivity contribution in [2.75, 3.05) is 11.4 Å². The number of anilines is 2. The number of rotatable bonds is 0. The SMILES string of the molecule is N#Cc1cc2c(cc1C#N)N1CCCc3c(Cl)ccc(c31)O2. The number of fused-ring (bicyclic) bond motifs is 2. The van der Waals surface area contributed by atoms with Gasteiger partial charge >= 0.3 is 0 Å². The number of nitriles is 2. The third kappa shape index (κ3) is 1.68. The van der Waals surface area contributed by atoms with Crippen molar-refractivity contribution in [1.82, 2.24) is 0 Å². The van der Waals surface area contributed by atoms with Gasteiger partial charge in [0.25, 0.3) is 0 Å². The normalized spacial score (nSPS) is 14.2. The highest BCUT2D eigenvalue weighted by Gasteiger charge is 2.31. The molecule has 0 saturated carbocycles. The summed E-state index contributed by atoms with van der Waals surface area (Å²) < 4.78 is 5.96. The molecule has 0 fully saturated rings. The molecule has 106 valence electrons. The van der Waals surface area contributed by atoms with Crippen molar-refractivity contribution in [3.63, 3.8) is 0 Å². The van der Waals surface area contributed by atoms with Crippen molar-refractivity contribution in [3.8, 4) is 23.6 Å². The van der Waals surface area contributed by atoms with Crippen molar-refractivity contribution in [2.24, 2.45) is 0 Å². The van der Waals surface area contributed by atoms with Crippen LogP contribution in [0.4, 0.5) is 11.4 Å². The van der Waals surface area contributed by atoms with Crippen molar-refractivity contribution < 1.29 is 4.74 Å². The smallest absolute Gasteiger partial charge is 0.152 e. The number of halogens is 1. The lowest BCUT2D eigenvalue weighted by molar-refractivity contribution is 0.468. The minimum atomic E-state index is 0.330. The van der Waals surface area contributed by atoms with Gasteiger partial charge in [-0.05, 0) is 36.6 Å². The Morgan fingerprint density at radius 3 is 2.64 bits per heavy atom. The molecular formula is C17H10ClN3O. The third-order valence-electron chi connectivity index (χ3n) is 4.12. The zero-order valence-electron chi connectivity index (χ0n) is 11.6. The Morgan fingerprint density at radius 2 is 1.86 bits per heavy atom. The summed E-state index contributed by atoms with van der Waals surface area (Å²) in [6.07, 6.45) is 1.90. The van der Waals surface area contributed by atoms with Crippen LogP contribution >= 0.6 is 11.6 Å². The summed E-state index contributed by atoms with van der Waals surface area (Å²) in [6, 6.07) is 11.2. The largest absolute Gasteiger partial charge is 0.453 e. The Morgan fingerprint density at radius 1 is 1.09 bits per heavy atom. The highest BCUT2D eigenvalue weighted by atomic mass is 35.5. The van der Waals surface area contributed by atoms with E-state index in [-0.39, 0.29) is 0 Å². The highest BCUT2D eigenvalue weighted by molar-refractivity contribution is 6.32. The molecule has 2 aromatic rings. The van der Waals surface area contributed by atoms with Crippen LogP contribution in [0.2, 0.25) is 5.02 Å². The molecule has 5 heteroatoms. The lowest BCUT2D eigenvalue weighted by Crippen LogP contribution is -2.28. The molecule has 0 saturated heterocycles. The Labute approximate surface area is 132 Å². The lowest BCUT2D eigenvalue weighted by Gasteiger charge is -2.37. The van der Waals surface area contributed by atoms with Crippen molar-refractivity contribution in [2.45, 2.75) is 12.8 Å². The molecule has 0 unspecified atom stereocenters. The van der Waals surface area contributed by atoms with Gasteiger partial charge in [0.2, 0.25) is 0 Å². The molecule has 0 amide bonds. The summed E-state index contributed by atoms with van der Waals surface area (Å²) in [6.45, 7) is 0.841. The Balaban J connectivity index is 1.98. The van der Waals surface area contributed by atoms with Gasteiger partial charge in [0, 0.05) is 17.6 Å². The maximum absolute atomic E-state index is 9.24. The van der Waals surface area contributed by atoms with Gasteiger partial charge in [-0.2, -0.15) is 10.5 Å². The number of ether oxygens (including phenoxy) is 1. The summed E-state index contributed by atoms with van der Waals surface area (Å²) in [7, 11) is 0. The van der Waals surface area contributed by atoms with Crippen LogP contribution < -0.4 is 9.64 Å². The summed E-state index contributed by atoms with van der Waals surface area (Å²) in [4.78, 5) is 2.14. The maximum atomic E-state index is 9.24. The fraction of sp³-hybridized carbons (Fsp3) is 0.176. The summed E-state index contributed by atoms with van der Waals surface area (Å²) in [5, 5.41) is 19.2. The van der Waals surface area contributed by atoms with E-state index in [9.17, 15) is 10.5 Å². The molecule has 0 N–H and O–H groups in total. The molecule has 0 aromatic heterocycles. The number of nitrogens with zero attached hydrogens (tertiary/aromatic N) is 3. The summed E-state index contributed by atoms with van der Waals surface area (Å²) >= 11 is 6.32. The van der Waals surface area contributed by atoms with Gasteiger partial charge in [-0.3, -0.25) is 0 Å². The number of hydrogen-bond acceptors (Lipinski definition) is 4. The standard InChI is InChI=1S/C17H10ClN3O/c18-13-3-4-15-17-12(13)2-1-5-21(17)14-6-10(8-19)11(9-20)7-16(14)22-15/h3-4,6-7H,1-2,5H2. The van der Waals surface area contributed by atoms with Crippen LogP contribution in [0, 0.1) is 22.7 Å². The average Bonchev–Trinajstić information content (AvgIpc) is 2.57. The molecule has 0 atom stereocenters. The molecule has 2 aliphatic heterocycles. The lowest BCUT2D eigenvalue weighted by atomic mass is 9.97. The minimum absolute atomic E-state index is 0.330. The second kappa shape index (κ2) is 4.66. The van der Waals surface area contributed by atoms with Crippen LogP contribution in [0.3, 0.4) is 0 Å². The Hall–Kier alpha value is -2.69. The summed E-state index contributed by atoms with van der Waals surface area (Å²) in [5.74, 6) is 1.36. The van der Waals surface area contributed by atoms with Crippen LogP contribution in [0.1, 0.15) is 23.1 Å². The fourth-order valence-corrected chi connectivity index (χ4v) is 3.38. The predicted molar refractivity (Wildman–Crippen MR) is 82.7 cm³/mol. The topological polar surface area (TPSA) is 60.0 Å². The van der Waals surface area contributed by atoms with E-state index < -0.39 is 0 Å². The highest BCUT2D eigenvalue weighted by Crippen LogP contribution is 2.52. The quantitative estimate of drug-likeness (QED) is 0.729. The van der Waals surface area contributed by atoms with Crippen molar-refractivity contribution >= 4 is 23.0 Å². The average molecular weight is 308 g/mol. The van der Waals surface area contributed by atoms with E-state index >= 15 is 0 Å². The second-order valence-corrected chi connectivity index (χ2v) is 5.73. The van der Waals surface area contributed by atoms with Gasteiger partial charge in [0.05, 0.1) is 22.5 Å². The van der Waals surface area contributed by atoms with E-state index in [0.717, 1.165) is 47.1 Å². The molecule has 2 aromatic carbocycles. The van der Waals surface area contributed by atoms with Crippen LogP contribution in [0.15, 0.2) is 24.3 Å². The molecule has 0 spiro atoms. The van der Waals surface area contributed by atoms with Gasteiger partial charge < -0.3 is 9.64 Å². The predicted octanol–water partition coefficient (Wildman–Crippen LogP) is 4.27. The first-order chi connectivity index (χ1) is 10.7. The van der Waals surface area contributed by atoms with Crippen molar-refractivity contribution in [1.29, 1.82) is 10.5 Å². The minimum Gasteiger partial charge on any atom is -0.453 e. The van der Waals surface area contributed by atoms with Gasteiger partial charge in [-0.1, -0.05) is 11.6 Å². The third-order valence-corrected chi connectivity index (χ3v) is 4.47. The van der Waals surface area contributed by atoms with Gasteiger partial charge in [-0.25, -0.2) is 0 Å². The fourth-order valence-electron chi connectivity index (χ4n) is 3.14. The van der Waals surface area contributed by atoms with E-state index in [4.69, 9.17) is 16.3 Å². The van der Waals surface area contributed by atoms with Crippen LogP contribution in [0.5, 0.6) is 11.5 Å². The molecule has 0 bridgehead atoms. The molecule has 2 aliphatic rings. The zero-order chi connectivity index (χ0) is 15.3. The first-order valence-electron chi connectivity index (χ1n) is 6.98. The van der Waals surface area contributed by atoms with Crippen LogP contribution in [-0.2, 0) is 6.42 Å². The Kier molecular flexibility index (Phi) is 2.76. The molecule has 22 heavy (non-hydrogen) atoms. The Bertz CT molecular complexity index is 892. The molecule has 4 nitrogen and oxygen atoms in total. The van der Waals surface area contributed by atoms with E-state index in [2.05, 4.69) is 11.0 Å². The first kappa shape index (κ1) is 13.0. The monoisotopic (exact) mass is 307 g/mol. The zero-order valence-corrected chi connectivity index (χ0v) is 12.3. The molecule has 0 radical (unpaired) electrons. The first-order valence-corrected chi connectivity index (χ1v) is 7.35. The van der Waals surface area contributed by atoms with Crippen LogP contribution in [0.25, 0.3) is 0 Å². The summed E-state index contributed by atoms with van der Waals surface area (Å²) in [5.41, 5.74) is 3.59. The second-order valence-electron chi connectivity index (χ2n) is 5.32. The number of benzene rings is 2. The molecular weight excluding hydrogens is 298 g/mol. The van der Waals surface area contributed by atoms with E-state index in [1.807, 2.05) is 18.2 Å². The van der Waals surface area contributed by atoms with Crippen molar-refractivity contribution in [3.05, 3.63) is 46.0 Å². The number of hydrogen-bond donors (Lipinski definition) is 0. The van der Waals surface area contributed by atoms with Gasteiger partial charge in [0.1, 0.15) is 12.1 Å². The van der Waals surface area contributed by atoms with E-state index in [1.165, 1.54) is 0 Å². The molecule has 0 aliphatic carbocycles. The molecule has 4 rings (SSSR count). The van der Waals surface area contributed by atoms with Gasteiger partial charge in [0.15, 0.2) is 11.5 Å². The molecule has 2 heterocycles. The van der Waals surface area contributed by atoms with E-state index in [1.54, 1.807) is 12.1 Å².